The molecular weight excluding hydrogens is 396 g/mol. The van der Waals surface area contributed by atoms with Crippen LogP contribution in [0.5, 0.6) is 11.5 Å². The first-order valence-electron chi connectivity index (χ1n) is 10.1. The maximum Gasteiger partial charge on any atom is 0.292 e. The summed E-state index contributed by atoms with van der Waals surface area (Å²) in [6.45, 7) is 6.30. The number of methoxy groups -OCH3 is 1. The van der Waals surface area contributed by atoms with Crippen molar-refractivity contribution in [1.82, 2.24) is 15.2 Å². The van der Waals surface area contributed by atoms with Gasteiger partial charge in [0.25, 0.3) is 11.5 Å². The molecule has 1 N–H and O–H groups in total. The highest BCUT2D eigenvalue weighted by atomic mass is 16.5. The highest BCUT2D eigenvalue weighted by Gasteiger charge is 2.17. The van der Waals surface area contributed by atoms with Crippen molar-refractivity contribution in [2.45, 2.75) is 33.2 Å². The molecule has 0 bridgehead atoms. The number of hydrogen-bond acceptors (Lipinski definition) is 6. The quantitative estimate of drug-likeness (QED) is 0.443. The van der Waals surface area contributed by atoms with Crippen LogP contribution in [0.2, 0.25) is 0 Å². The molecule has 0 saturated carbocycles. The topological polar surface area (TPSA) is 94.8 Å². The van der Waals surface area contributed by atoms with Gasteiger partial charge in [0.05, 0.1) is 31.4 Å². The monoisotopic (exact) mass is 422 g/mol. The number of ether oxygens (including phenoxy) is 2. The summed E-state index contributed by atoms with van der Waals surface area (Å²) in [6.07, 6.45) is 2.40. The molecule has 0 atom stereocenters. The summed E-state index contributed by atoms with van der Waals surface area (Å²) in [5.41, 5.74) is 3.13. The van der Waals surface area contributed by atoms with Crippen LogP contribution in [-0.4, -0.2) is 35.6 Å². The van der Waals surface area contributed by atoms with Gasteiger partial charge in [-0.3, -0.25) is 9.59 Å². The number of carbonyl (C=O) groups excluding carboxylic acids is 1. The number of aromatic nitrogens is 2. The summed E-state index contributed by atoms with van der Waals surface area (Å²) in [5.74, 6) is 0.731. The molecule has 1 aromatic heterocycles. The van der Waals surface area contributed by atoms with Crippen molar-refractivity contribution >= 4 is 22.9 Å². The van der Waals surface area contributed by atoms with E-state index in [2.05, 4.69) is 15.6 Å². The average molecular weight is 422 g/mol. The Balaban J connectivity index is 1.84. The molecule has 3 rings (SSSR count). The number of nitrogens with one attached hydrogen (secondary N) is 1. The highest BCUT2D eigenvalue weighted by molar-refractivity contribution is 6.05. The minimum absolute atomic E-state index is 0.141. The number of amides is 1. The summed E-state index contributed by atoms with van der Waals surface area (Å²) in [5, 5.41) is 9.24. The van der Waals surface area contributed by atoms with E-state index in [4.69, 9.17) is 9.47 Å². The van der Waals surface area contributed by atoms with Crippen LogP contribution in [0.3, 0.4) is 0 Å². The van der Waals surface area contributed by atoms with Crippen molar-refractivity contribution in [3.05, 3.63) is 64.1 Å². The lowest BCUT2D eigenvalue weighted by molar-refractivity contribution is 0.0949. The van der Waals surface area contributed by atoms with E-state index in [9.17, 15) is 9.59 Å². The predicted octanol–water partition coefficient (Wildman–Crippen LogP) is 3.54. The Kier molecular flexibility index (Phi) is 7.02. The summed E-state index contributed by atoms with van der Waals surface area (Å²) in [6, 6.07) is 12.1. The lowest BCUT2D eigenvalue weighted by Gasteiger charge is -2.12. The first kappa shape index (κ1) is 22.0. The predicted molar refractivity (Wildman–Crippen MR) is 120 cm³/mol. The fraction of sp³-hybridized carbons (Fsp3) is 0.304. The van der Waals surface area contributed by atoms with Gasteiger partial charge in [-0.25, -0.2) is 10.1 Å². The van der Waals surface area contributed by atoms with Gasteiger partial charge in [-0.2, -0.15) is 10.2 Å². The van der Waals surface area contributed by atoms with Crippen molar-refractivity contribution in [3.8, 4) is 11.5 Å². The molecule has 8 nitrogen and oxygen atoms in total. The van der Waals surface area contributed by atoms with Crippen LogP contribution in [0, 0.1) is 0 Å². The molecule has 0 radical (unpaired) electrons. The maximum absolute atomic E-state index is 12.8. The van der Waals surface area contributed by atoms with E-state index in [1.807, 2.05) is 26.8 Å². The van der Waals surface area contributed by atoms with Crippen LogP contribution in [0.25, 0.3) is 10.8 Å². The molecule has 0 saturated heterocycles. The number of benzene rings is 2. The maximum atomic E-state index is 12.8. The van der Waals surface area contributed by atoms with Gasteiger partial charge in [0, 0.05) is 5.39 Å². The van der Waals surface area contributed by atoms with E-state index in [-0.39, 0.29) is 17.3 Å². The highest BCUT2D eigenvalue weighted by Crippen LogP contribution is 2.27. The Morgan fingerprint density at radius 1 is 1.19 bits per heavy atom. The van der Waals surface area contributed by atoms with E-state index < -0.39 is 5.91 Å². The molecular formula is C23H26N4O4. The van der Waals surface area contributed by atoms with Crippen LogP contribution in [0.1, 0.15) is 49.3 Å². The zero-order chi connectivity index (χ0) is 22.4. The van der Waals surface area contributed by atoms with E-state index in [0.29, 0.717) is 28.9 Å². The molecule has 0 aliphatic heterocycles. The normalized spacial score (nSPS) is 11.3. The van der Waals surface area contributed by atoms with Crippen LogP contribution in [0.15, 0.2) is 52.4 Å². The lowest BCUT2D eigenvalue weighted by atomic mass is 10.1. The molecule has 31 heavy (non-hydrogen) atoms. The van der Waals surface area contributed by atoms with Gasteiger partial charge in [0.2, 0.25) is 0 Å². The van der Waals surface area contributed by atoms with Crippen molar-refractivity contribution in [2.75, 3.05) is 13.7 Å². The first-order chi connectivity index (χ1) is 15.0. The Morgan fingerprint density at radius 3 is 2.61 bits per heavy atom. The standard InChI is InChI=1S/C23H26N4O4/c1-5-12-31-19-11-10-16(13-20(19)30-4)14-24-25-22(28)21-17-8-6-7-9-18(17)23(29)27(26-21)15(2)3/h6-11,13-15H,5,12H2,1-4H3,(H,25,28)/b24-14+. The van der Waals surface area contributed by atoms with E-state index in [1.165, 1.54) is 10.9 Å². The van der Waals surface area contributed by atoms with Gasteiger partial charge >= 0.3 is 0 Å². The van der Waals surface area contributed by atoms with E-state index >= 15 is 0 Å². The van der Waals surface area contributed by atoms with Gasteiger partial charge in [-0.15, -0.1) is 0 Å². The number of carbonyl (C=O) groups is 1. The van der Waals surface area contributed by atoms with E-state index in [0.717, 1.165) is 12.0 Å². The second-order valence-electron chi connectivity index (χ2n) is 7.20. The molecule has 0 unspecified atom stereocenters. The molecule has 8 heteroatoms. The second-order valence-corrected chi connectivity index (χ2v) is 7.20. The number of fused-ring (bicyclic) bond motifs is 1. The molecule has 0 fully saturated rings. The third-order valence-corrected chi connectivity index (χ3v) is 4.56. The van der Waals surface area contributed by atoms with Gasteiger partial charge in [-0.05, 0) is 50.1 Å². The average Bonchev–Trinajstić information content (AvgIpc) is 2.78. The SMILES string of the molecule is CCCOc1ccc(/C=N/NC(=O)c2nn(C(C)C)c(=O)c3ccccc23)cc1OC. The Morgan fingerprint density at radius 2 is 1.94 bits per heavy atom. The number of rotatable bonds is 8. The van der Waals surface area contributed by atoms with Gasteiger partial charge in [-0.1, -0.05) is 25.1 Å². The molecule has 1 heterocycles. The number of nitrogens with zero attached hydrogens (tertiary/aromatic N) is 3. The minimum atomic E-state index is -0.503. The van der Waals surface area contributed by atoms with E-state index in [1.54, 1.807) is 43.5 Å². The van der Waals surface area contributed by atoms with Crippen LogP contribution in [-0.2, 0) is 0 Å². The molecule has 0 aliphatic carbocycles. The first-order valence-corrected chi connectivity index (χ1v) is 10.1. The summed E-state index contributed by atoms with van der Waals surface area (Å²) < 4.78 is 12.3. The zero-order valence-corrected chi connectivity index (χ0v) is 18.1. The fourth-order valence-electron chi connectivity index (χ4n) is 3.04. The van der Waals surface area contributed by atoms with Crippen molar-refractivity contribution in [2.24, 2.45) is 5.10 Å². The van der Waals surface area contributed by atoms with Crippen LogP contribution < -0.4 is 20.5 Å². The number of hydrogen-bond donors (Lipinski definition) is 1. The zero-order valence-electron chi connectivity index (χ0n) is 18.1. The van der Waals surface area contributed by atoms with Gasteiger partial charge in [0.1, 0.15) is 0 Å². The Bertz CT molecular complexity index is 1170. The molecule has 0 spiro atoms. The van der Waals surface area contributed by atoms with Gasteiger partial charge < -0.3 is 9.47 Å². The van der Waals surface area contributed by atoms with Crippen molar-refractivity contribution in [1.29, 1.82) is 0 Å². The molecule has 1 amide bonds. The van der Waals surface area contributed by atoms with Crippen LogP contribution >= 0.6 is 0 Å². The molecule has 3 aromatic rings. The third kappa shape index (κ3) is 4.91. The Labute approximate surface area is 180 Å². The minimum Gasteiger partial charge on any atom is -0.493 e. The Hall–Kier alpha value is -3.68. The largest absolute Gasteiger partial charge is 0.493 e. The third-order valence-electron chi connectivity index (χ3n) is 4.56. The van der Waals surface area contributed by atoms with Crippen molar-refractivity contribution < 1.29 is 14.3 Å². The molecule has 0 aliphatic rings. The lowest BCUT2D eigenvalue weighted by Crippen LogP contribution is -2.30. The summed E-state index contributed by atoms with van der Waals surface area (Å²) in [4.78, 5) is 25.4. The molecule has 2 aromatic carbocycles. The number of hydrazone groups is 1. The fourth-order valence-corrected chi connectivity index (χ4v) is 3.04. The molecule has 162 valence electrons. The summed E-state index contributed by atoms with van der Waals surface area (Å²) >= 11 is 0. The van der Waals surface area contributed by atoms with Gasteiger partial charge in [0.15, 0.2) is 17.2 Å². The summed E-state index contributed by atoms with van der Waals surface area (Å²) in [7, 11) is 1.57. The van der Waals surface area contributed by atoms with Crippen LogP contribution in [0.4, 0.5) is 0 Å². The van der Waals surface area contributed by atoms with Crippen molar-refractivity contribution in [3.63, 3.8) is 0 Å². The second kappa shape index (κ2) is 9.88. The smallest absolute Gasteiger partial charge is 0.292 e.